The molecule has 1 saturated carbocycles. The van der Waals surface area contributed by atoms with Crippen molar-refractivity contribution < 1.29 is 31.1 Å². The fourth-order valence-corrected chi connectivity index (χ4v) is 8.45. The number of pyridine rings is 1. The van der Waals surface area contributed by atoms with E-state index in [-0.39, 0.29) is 24.0 Å². The molecule has 0 radical (unpaired) electrons. The molecule has 2 aliphatic rings. The van der Waals surface area contributed by atoms with Gasteiger partial charge in [-0.25, -0.2) is 22.5 Å². The highest BCUT2D eigenvalue weighted by Gasteiger charge is 2.67. The number of hydrogen-bond acceptors (Lipinski definition) is 4. The molecule has 0 bridgehead atoms. The molecule has 14 heteroatoms. The van der Waals surface area contributed by atoms with Crippen LogP contribution in [0.5, 0.6) is 0 Å². The van der Waals surface area contributed by atoms with E-state index in [1.54, 1.807) is 6.07 Å². The van der Waals surface area contributed by atoms with E-state index in [0.29, 0.717) is 20.5 Å². The molecule has 2 aromatic carbocycles. The lowest BCUT2D eigenvalue weighted by Gasteiger charge is -2.21. The molecule has 1 amide bonds. The summed E-state index contributed by atoms with van der Waals surface area (Å²) >= 11 is 5.00. The lowest BCUT2D eigenvalue weighted by atomic mass is 10.0. The molecule has 48 heavy (non-hydrogen) atoms. The van der Waals surface area contributed by atoms with Crippen molar-refractivity contribution in [3.05, 3.63) is 110 Å². The van der Waals surface area contributed by atoms with E-state index in [0.717, 1.165) is 45.2 Å². The minimum absolute atomic E-state index is 0.0924. The number of rotatable bonds is 9. The van der Waals surface area contributed by atoms with Gasteiger partial charge in [0.15, 0.2) is 5.65 Å². The maximum Gasteiger partial charge on any atom is 0.293 e. The van der Waals surface area contributed by atoms with E-state index in [9.17, 15) is 22.4 Å². The minimum Gasteiger partial charge on any atom is -0.346 e. The van der Waals surface area contributed by atoms with Crippen molar-refractivity contribution in [3.8, 4) is 0 Å². The third kappa shape index (κ3) is 5.80. The van der Waals surface area contributed by atoms with Crippen LogP contribution in [0.1, 0.15) is 69.7 Å². The zero-order valence-corrected chi connectivity index (χ0v) is 28.2. The summed E-state index contributed by atoms with van der Waals surface area (Å²) in [5, 5.41) is 7.28. The van der Waals surface area contributed by atoms with Crippen LogP contribution in [0, 0.1) is 38.3 Å². The van der Waals surface area contributed by atoms with E-state index in [2.05, 4.69) is 38.5 Å². The number of carbonyl (C=O) groups excluding carboxylic acids is 1. The second kappa shape index (κ2) is 12.0. The van der Waals surface area contributed by atoms with E-state index in [4.69, 9.17) is 4.98 Å². The fourth-order valence-electron chi connectivity index (χ4n) is 6.89. The Hall–Kier alpha value is -3.78. The molecule has 3 atom stereocenters. The van der Waals surface area contributed by atoms with E-state index in [1.807, 2.05) is 37.0 Å². The predicted molar refractivity (Wildman–Crippen MR) is 172 cm³/mol. The molecule has 1 N–H and O–H groups in total. The van der Waals surface area contributed by atoms with Gasteiger partial charge in [-0.1, -0.05) is 17.7 Å². The monoisotopic (exact) mass is 747 g/mol. The predicted octanol–water partition coefficient (Wildman–Crippen LogP) is 9.00. The quantitative estimate of drug-likeness (QED) is 0.153. The Labute approximate surface area is 284 Å². The number of nitrogens with zero attached hydrogens (tertiary/aromatic N) is 4. The second-order valence-corrected chi connectivity index (χ2v) is 14.3. The summed E-state index contributed by atoms with van der Waals surface area (Å²) < 4.78 is 89.5. The smallest absolute Gasteiger partial charge is 0.293 e. The third-order valence-electron chi connectivity index (χ3n) is 8.89. The van der Waals surface area contributed by atoms with Gasteiger partial charge in [0.05, 0.1) is 11.7 Å². The first kappa shape index (κ1) is 32.8. The average molecular weight is 749 g/mol. The molecule has 0 spiro atoms. The van der Waals surface area contributed by atoms with E-state index < -0.39 is 65.7 Å². The Bertz CT molecular complexity index is 2070. The number of fused-ring (bicyclic) bond motifs is 4. The van der Waals surface area contributed by atoms with Crippen LogP contribution in [0.2, 0.25) is 0 Å². The van der Waals surface area contributed by atoms with Gasteiger partial charge < -0.3 is 5.32 Å². The summed E-state index contributed by atoms with van der Waals surface area (Å²) in [6.45, 7) is 5.29. The first-order valence-electron chi connectivity index (χ1n) is 15.2. The van der Waals surface area contributed by atoms with Crippen LogP contribution in [-0.2, 0) is 23.7 Å². The van der Waals surface area contributed by atoms with Crippen molar-refractivity contribution in [1.29, 1.82) is 0 Å². The van der Waals surface area contributed by atoms with Gasteiger partial charge in [-0.3, -0.25) is 13.4 Å². The number of benzene rings is 2. The maximum absolute atomic E-state index is 15.2. The first-order chi connectivity index (χ1) is 22.7. The summed E-state index contributed by atoms with van der Waals surface area (Å²) in [5.41, 5.74) is 2.79. The lowest BCUT2D eigenvalue weighted by molar-refractivity contribution is -0.123. The van der Waals surface area contributed by atoms with Crippen LogP contribution < -0.4 is 5.32 Å². The van der Waals surface area contributed by atoms with E-state index in [1.165, 1.54) is 11.9 Å². The molecule has 0 aliphatic heterocycles. The van der Waals surface area contributed by atoms with Crippen molar-refractivity contribution in [1.82, 2.24) is 24.1 Å². The number of aromatic nitrogens is 4. The lowest BCUT2D eigenvalue weighted by Crippen LogP contribution is -2.35. The summed E-state index contributed by atoms with van der Waals surface area (Å²) in [5.74, 6) is -7.64. The van der Waals surface area contributed by atoms with Crippen LogP contribution in [0.4, 0.5) is 26.3 Å². The van der Waals surface area contributed by atoms with Gasteiger partial charge >= 0.3 is 0 Å². The van der Waals surface area contributed by atoms with Crippen LogP contribution in [0.25, 0.3) is 11.0 Å². The van der Waals surface area contributed by atoms with Crippen molar-refractivity contribution in [3.63, 3.8) is 0 Å². The molecule has 3 unspecified atom stereocenters. The van der Waals surface area contributed by atoms with Gasteiger partial charge in [0.25, 0.3) is 12.3 Å². The third-order valence-corrected chi connectivity index (χ3v) is 10.8. The van der Waals surface area contributed by atoms with Gasteiger partial charge in [0.2, 0.25) is 5.91 Å². The Balaban J connectivity index is 1.25. The molecular weight excluding hydrogens is 720 g/mol. The molecule has 1 fully saturated rings. The summed E-state index contributed by atoms with van der Waals surface area (Å²) in [6.07, 6.45) is -1.25. The van der Waals surface area contributed by atoms with Crippen LogP contribution in [0.3, 0.4) is 0 Å². The van der Waals surface area contributed by atoms with Crippen molar-refractivity contribution in [2.75, 3.05) is 0 Å². The minimum atomic E-state index is -3.40. The highest BCUT2D eigenvalue weighted by molar-refractivity contribution is 9.10. The summed E-state index contributed by atoms with van der Waals surface area (Å²) in [4.78, 5) is 19.5. The van der Waals surface area contributed by atoms with Crippen LogP contribution in [0.15, 0.2) is 58.0 Å². The number of hydrogen-bond donors (Lipinski definition) is 1. The summed E-state index contributed by atoms with van der Waals surface area (Å²) in [7, 11) is 0. The molecule has 5 aromatic rings. The van der Waals surface area contributed by atoms with Crippen LogP contribution >= 0.6 is 27.9 Å². The Morgan fingerprint density at radius 1 is 1.06 bits per heavy atom. The van der Waals surface area contributed by atoms with Gasteiger partial charge in [-0.15, -0.1) is 0 Å². The number of nitrogens with one attached hydrogen (secondary N) is 1. The Morgan fingerprint density at radius 3 is 2.42 bits per heavy atom. The van der Waals surface area contributed by atoms with Crippen molar-refractivity contribution in [2.45, 2.75) is 69.4 Å². The summed E-state index contributed by atoms with van der Waals surface area (Å²) in [6, 6.07) is 9.80. The number of aryl methyl sites for hydroxylation is 3. The number of halogens is 7. The Morgan fingerprint density at radius 2 is 1.75 bits per heavy atom. The molecule has 7 rings (SSSR count). The van der Waals surface area contributed by atoms with Gasteiger partial charge in [0, 0.05) is 38.5 Å². The fraction of sp³-hybridized carbons (Fsp3) is 0.324. The maximum atomic E-state index is 15.2. The number of carbonyl (C=O) groups is 1. The van der Waals surface area contributed by atoms with Crippen molar-refractivity contribution >= 4 is 44.8 Å². The molecule has 3 aromatic heterocycles. The SMILES string of the molecule is Cc1cc(C)c(Sn2ccc3cc(Br)c(C(Cc4cc(F)cc(F)c4)NC(=O)Cn4nc(C(F)F)c5c4C(F)(F)C4CC54)nc32)c(C)c1. The normalized spacial score (nSPS) is 18.3. The van der Waals surface area contributed by atoms with Crippen LogP contribution in [-0.4, -0.2) is 24.6 Å². The number of alkyl halides is 4. The van der Waals surface area contributed by atoms with Gasteiger partial charge in [-0.2, -0.15) is 13.9 Å². The Kier molecular flexibility index (Phi) is 8.17. The second-order valence-electron chi connectivity index (χ2n) is 12.5. The topological polar surface area (TPSA) is 64.7 Å². The highest BCUT2D eigenvalue weighted by atomic mass is 79.9. The molecule has 3 heterocycles. The van der Waals surface area contributed by atoms with Gasteiger partial charge in [-0.05, 0) is 108 Å². The molecule has 250 valence electrons. The highest BCUT2D eigenvalue weighted by Crippen LogP contribution is 2.68. The zero-order chi connectivity index (χ0) is 34.2. The van der Waals surface area contributed by atoms with Crippen molar-refractivity contribution in [2.24, 2.45) is 5.92 Å². The zero-order valence-electron chi connectivity index (χ0n) is 25.8. The number of amides is 1. The largest absolute Gasteiger partial charge is 0.346 e. The van der Waals surface area contributed by atoms with E-state index >= 15 is 8.78 Å². The molecule has 0 saturated heterocycles. The molecular formula is C34H28BrF6N5OS. The van der Waals surface area contributed by atoms with Gasteiger partial charge in [0.1, 0.15) is 29.6 Å². The molecule has 2 aliphatic carbocycles. The first-order valence-corrected chi connectivity index (χ1v) is 16.7. The standard InChI is InChI=1S/C34H28BrF6N5OS/c1-15-6-16(2)30(17(3)7-15)48-46-5-4-19-11-24(35)28(43-33(19)46)25(10-18-8-20(36)12-21(37)9-18)42-26(47)14-45-31-27(29(44-45)32(38)39)22-13-23(22)34(31,40)41/h4-9,11-12,22-23,25,32H,10,13-14H2,1-3H3,(H,42,47). The average Bonchev–Trinajstić information content (AvgIpc) is 3.48. The molecule has 6 nitrogen and oxygen atoms in total.